The lowest BCUT2D eigenvalue weighted by molar-refractivity contribution is 0.102. The Morgan fingerprint density at radius 1 is 1.00 bits per heavy atom. The maximum Gasteiger partial charge on any atom is 0.255 e. The van der Waals surface area contributed by atoms with Crippen LogP contribution in [-0.2, 0) is 13.1 Å². The third-order valence-electron chi connectivity index (χ3n) is 4.71. The van der Waals surface area contributed by atoms with Gasteiger partial charge in [0.15, 0.2) is 0 Å². The Bertz CT molecular complexity index is 1020. The molecule has 0 radical (unpaired) electrons. The van der Waals surface area contributed by atoms with E-state index in [1.807, 2.05) is 60.7 Å². The Labute approximate surface area is 177 Å². The molecule has 30 heavy (non-hydrogen) atoms. The number of anilines is 2. The highest BCUT2D eigenvalue weighted by Crippen LogP contribution is 2.19. The Hall–Kier alpha value is -3.75. The van der Waals surface area contributed by atoms with Crippen molar-refractivity contribution in [3.8, 4) is 18.1 Å². The van der Waals surface area contributed by atoms with Crippen molar-refractivity contribution in [2.24, 2.45) is 0 Å². The summed E-state index contributed by atoms with van der Waals surface area (Å²) in [6, 6.07) is 22.6. The molecule has 0 aromatic heterocycles. The molecule has 3 aromatic carbocycles. The van der Waals surface area contributed by atoms with E-state index in [9.17, 15) is 4.79 Å². The maximum atomic E-state index is 12.5. The van der Waals surface area contributed by atoms with Crippen molar-refractivity contribution in [2.45, 2.75) is 13.1 Å². The highest BCUT2D eigenvalue weighted by Gasteiger charge is 2.10. The van der Waals surface area contributed by atoms with E-state index in [2.05, 4.69) is 16.1 Å². The van der Waals surface area contributed by atoms with Crippen LogP contribution in [0.3, 0.4) is 0 Å². The second-order valence-electron chi connectivity index (χ2n) is 6.94. The summed E-state index contributed by atoms with van der Waals surface area (Å²) in [5.41, 5.74) is 9.83. The average molecular weight is 399 g/mol. The molecule has 5 nitrogen and oxygen atoms in total. The number of methoxy groups -OCH3 is 1. The van der Waals surface area contributed by atoms with Gasteiger partial charge in [-0.05, 0) is 47.5 Å². The van der Waals surface area contributed by atoms with Crippen LogP contribution < -0.4 is 15.8 Å². The quantitative estimate of drug-likeness (QED) is 0.441. The standard InChI is InChI=1S/C25H25N3O2/c1-3-16-28(18-20-10-14-22(30-2)15-11-20)17-19-8-12-21(13-9-19)25(29)27-24-7-5-4-6-23(24)26/h1,4-15H,16-18,26H2,2H3,(H,27,29). The number of rotatable bonds is 8. The predicted molar refractivity (Wildman–Crippen MR) is 121 cm³/mol. The zero-order valence-electron chi connectivity index (χ0n) is 17.0. The van der Waals surface area contributed by atoms with Crippen molar-refractivity contribution < 1.29 is 9.53 Å². The number of ether oxygens (including phenoxy) is 1. The maximum absolute atomic E-state index is 12.5. The number of hydrogen-bond donors (Lipinski definition) is 2. The van der Waals surface area contributed by atoms with Crippen LogP contribution in [0.4, 0.5) is 11.4 Å². The summed E-state index contributed by atoms with van der Waals surface area (Å²) in [6.45, 7) is 1.94. The van der Waals surface area contributed by atoms with Crippen molar-refractivity contribution in [3.05, 3.63) is 89.5 Å². The van der Waals surface area contributed by atoms with Gasteiger partial charge in [0.2, 0.25) is 0 Å². The number of carbonyl (C=O) groups excluding carboxylic acids is 1. The molecule has 0 saturated carbocycles. The number of amides is 1. The van der Waals surface area contributed by atoms with Crippen LogP contribution in [0.15, 0.2) is 72.8 Å². The summed E-state index contributed by atoms with van der Waals surface area (Å²) in [4.78, 5) is 14.7. The average Bonchev–Trinajstić information content (AvgIpc) is 2.76. The van der Waals surface area contributed by atoms with E-state index in [4.69, 9.17) is 16.9 Å². The Balaban J connectivity index is 1.64. The Morgan fingerprint density at radius 3 is 2.17 bits per heavy atom. The summed E-state index contributed by atoms with van der Waals surface area (Å²) in [6.07, 6.45) is 5.56. The minimum Gasteiger partial charge on any atom is -0.497 e. The minimum atomic E-state index is -0.196. The van der Waals surface area contributed by atoms with Gasteiger partial charge in [-0.15, -0.1) is 6.42 Å². The van der Waals surface area contributed by atoms with E-state index in [-0.39, 0.29) is 5.91 Å². The Morgan fingerprint density at radius 2 is 1.60 bits per heavy atom. The molecule has 3 aromatic rings. The number of benzene rings is 3. The molecule has 0 fully saturated rings. The lowest BCUT2D eigenvalue weighted by Crippen LogP contribution is -2.23. The van der Waals surface area contributed by atoms with Gasteiger partial charge in [-0.3, -0.25) is 9.69 Å². The fourth-order valence-corrected chi connectivity index (χ4v) is 3.11. The number of nitrogens with two attached hydrogens (primary N) is 1. The third-order valence-corrected chi connectivity index (χ3v) is 4.71. The topological polar surface area (TPSA) is 67.6 Å². The smallest absolute Gasteiger partial charge is 0.255 e. The minimum absolute atomic E-state index is 0.196. The van der Waals surface area contributed by atoms with Crippen molar-refractivity contribution in [1.82, 2.24) is 4.90 Å². The first-order chi connectivity index (χ1) is 14.6. The molecule has 0 bridgehead atoms. The molecule has 0 spiro atoms. The second-order valence-corrected chi connectivity index (χ2v) is 6.94. The predicted octanol–water partition coefficient (Wildman–Crippen LogP) is 4.17. The van der Waals surface area contributed by atoms with Gasteiger partial charge in [0.1, 0.15) is 5.75 Å². The van der Waals surface area contributed by atoms with Crippen LogP contribution in [0.5, 0.6) is 5.75 Å². The molecule has 0 unspecified atom stereocenters. The van der Waals surface area contributed by atoms with E-state index in [0.717, 1.165) is 23.4 Å². The highest BCUT2D eigenvalue weighted by atomic mass is 16.5. The number of nitrogen functional groups attached to an aromatic ring is 1. The molecule has 3 N–H and O–H groups in total. The van der Waals surface area contributed by atoms with Crippen molar-refractivity contribution >= 4 is 17.3 Å². The molecule has 5 heteroatoms. The first-order valence-electron chi connectivity index (χ1n) is 9.62. The lowest BCUT2D eigenvalue weighted by Gasteiger charge is -2.20. The first kappa shape index (κ1) is 21.0. The number of hydrogen-bond acceptors (Lipinski definition) is 4. The number of nitrogens with one attached hydrogen (secondary N) is 1. The van der Waals surface area contributed by atoms with Gasteiger partial charge in [-0.25, -0.2) is 0 Å². The summed E-state index contributed by atoms with van der Waals surface area (Å²) < 4.78 is 5.21. The summed E-state index contributed by atoms with van der Waals surface area (Å²) in [5, 5.41) is 2.84. The molecule has 152 valence electrons. The van der Waals surface area contributed by atoms with Crippen molar-refractivity contribution in [2.75, 3.05) is 24.7 Å². The highest BCUT2D eigenvalue weighted by molar-refractivity contribution is 6.05. The van der Waals surface area contributed by atoms with Crippen LogP contribution >= 0.6 is 0 Å². The molecule has 0 atom stereocenters. The normalized spacial score (nSPS) is 10.4. The molecule has 0 aliphatic rings. The van der Waals surface area contributed by atoms with Crippen LogP contribution in [0.25, 0.3) is 0 Å². The van der Waals surface area contributed by atoms with Crippen LogP contribution in [0.2, 0.25) is 0 Å². The first-order valence-corrected chi connectivity index (χ1v) is 9.62. The van der Waals surface area contributed by atoms with Crippen LogP contribution in [-0.4, -0.2) is 24.5 Å². The van der Waals surface area contributed by atoms with E-state index in [1.54, 1.807) is 19.2 Å². The summed E-state index contributed by atoms with van der Waals surface area (Å²) >= 11 is 0. The number of carbonyl (C=O) groups is 1. The molecule has 1 amide bonds. The lowest BCUT2D eigenvalue weighted by atomic mass is 10.1. The van der Waals surface area contributed by atoms with Gasteiger partial charge in [0.05, 0.1) is 25.0 Å². The van der Waals surface area contributed by atoms with E-state index in [0.29, 0.717) is 30.0 Å². The SMILES string of the molecule is C#CCN(Cc1ccc(OC)cc1)Cc1ccc(C(=O)Nc2ccccc2N)cc1. The molecule has 0 saturated heterocycles. The number of para-hydroxylation sites is 2. The molecule has 0 heterocycles. The van der Waals surface area contributed by atoms with Gasteiger partial charge in [-0.2, -0.15) is 0 Å². The zero-order chi connectivity index (χ0) is 21.3. The van der Waals surface area contributed by atoms with E-state index < -0.39 is 0 Å². The van der Waals surface area contributed by atoms with Gasteiger partial charge in [0, 0.05) is 18.7 Å². The van der Waals surface area contributed by atoms with Crippen LogP contribution in [0.1, 0.15) is 21.5 Å². The fraction of sp³-hybridized carbons (Fsp3) is 0.160. The third kappa shape index (κ3) is 5.63. The number of nitrogens with zero attached hydrogens (tertiary/aromatic N) is 1. The van der Waals surface area contributed by atoms with E-state index in [1.165, 1.54) is 0 Å². The van der Waals surface area contributed by atoms with Crippen molar-refractivity contribution in [3.63, 3.8) is 0 Å². The molecular weight excluding hydrogens is 374 g/mol. The Kier molecular flexibility index (Phi) is 7.09. The molecule has 0 aliphatic heterocycles. The largest absolute Gasteiger partial charge is 0.497 e. The fourth-order valence-electron chi connectivity index (χ4n) is 3.11. The van der Waals surface area contributed by atoms with Gasteiger partial charge < -0.3 is 15.8 Å². The second kappa shape index (κ2) is 10.1. The monoisotopic (exact) mass is 399 g/mol. The van der Waals surface area contributed by atoms with Crippen LogP contribution in [0, 0.1) is 12.3 Å². The van der Waals surface area contributed by atoms with Gasteiger partial charge in [0.25, 0.3) is 5.91 Å². The van der Waals surface area contributed by atoms with Gasteiger partial charge >= 0.3 is 0 Å². The molecule has 3 rings (SSSR count). The molecular formula is C25H25N3O2. The van der Waals surface area contributed by atoms with E-state index >= 15 is 0 Å². The van der Waals surface area contributed by atoms with Gasteiger partial charge in [-0.1, -0.05) is 42.3 Å². The van der Waals surface area contributed by atoms with Crippen molar-refractivity contribution in [1.29, 1.82) is 0 Å². The molecule has 0 aliphatic carbocycles. The zero-order valence-corrected chi connectivity index (χ0v) is 17.0. The number of terminal acetylenes is 1. The summed E-state index contributed by atoms with van der Waals surface area (Å²) in [5.74, 6) is 3.35. The summed E-state index contributed by atoms with van der Waals surface area (Å²) in [7, 11) is 1.65.